The van der Waals surface area contributed by atoms with E-state index in [1.807, 2.05) is 19.1 Å². The first-order valence-corrected chi connectivity index (χ1v) is 4.92. The minimum Gasteiger partial charge on any atom is -0.489 e. The van der Waals surface area contributed by atoms with Crippen LogP contribution in [0.2, 0.25) is 0 Å². The van der Waals surface area contributed by atoms with Crippen LogP contribution >= 0.6 is 0 Å². The van der Waals surface area contributed by atoms with Crippen LogP contribution in [-0.2, 0) is 4.74 Å². The summed E-state index contributed by atoms with van der Waals surface area (Å²) in [6.07, 6.45) is 2.63. The molecule has 0 aliphatic carbocycles. The summed E-state index contributed by atoms with van der Waals surface area (Å²) >= 11 is 0. The van der Waals surface area contributed by atoms with Crippen LogP contribution in [0.4, 0.5) is 5.69 Å². The Labute approximate surface area is 88.5 Å². The highest BCUT2D eigenvalue weighted by atomic mass is 16.5. The van der Waals surface area contributed by atoms with Crippen molar-refractivity contribution in [2.75, 3.05) is 12.3 Å². The summed E-state index contributed by atoms with van der Waals surface area (Å²) in [7, 11) is 0. The molecule has 3 heteroatoms. The summed E-state index contributed by atoms with van der Waals surface area (Å²) in [4.78, 5) is 11.9. The molecular formula is C12H13NO2. The minimum atomic E-state index is -0.0841. The molecule has 1 aliphatic heterocycles. The van der Waals surface area contributed by atoms with Crippen molar-refractivity contribution < 1.29 is 9.53 Å². The van der Waals surface area contributed by atoms with Crippen LogP contribution in [-0.4, -0.2) is 12.4 Å². The Morgan fingerprint density at radius 2 is 2.27 bits per heavy atom. The molecule has 3 nitrogen and oxygen atoms in total. The molecule has 0 aromatic heterocycles. The third kappa shape index (κ3) is 1.86. The van der Waals surface area contributed by atoms with Crippen molar-refractivity contribution in [3.63, 3.8) is 0 Å². The van der Waals surface area contributed by atoms with Gasteiger partial charge in [0.1, 0.15) is 0 Å². The van der Waals surface area contributed by atoms with Gasteiger partial charge in [-0.25, -0.2) is 0 Å². The van der Waals surface area contributed by atoms with Crippen molar-refractivity contribution in [2.24, 2.45) is 0 Å². The van der Waals surface area contributed by atoms with Crippen LogP contribution in [0.5, 0.6) is 0 Å². The number of ether oxygens (including phenoxy) is 1. The predicted octanol–water partition coefficient (Wildman–Crippen LogP) is 2.06. The fraction of sp³-hybridized carbons (Fsp3) is 0.250. The third-order valence-corrected chi connectivity index (χ3v) is 2.47. The van der Waals surface area contributed by atoms with Crippen LogP contribution < -0.4 is 5.73 Å². The molecule has 1 aromatic rings. The number of carbonyl (C=O) groups is 1. The fourth-order valence-corrected chi connectivity index (χ4v) is 1.50. The Kier molecular flexibility index (Phi) is 2.46. The normalized spacial score (nSPS) is 14.6. The zero-order chi connectivity index (χ0) is 10.8. The predicted molar refractivity (Wildman–Crippen MR) is 58.6 cm³/mol. The quantitative estimate of drug-likeness (QED) is 0.591. The number of anilines is 1. The van der Waals surface area contributed by atoms with E-state index in [-0.39, 0.29) is 5.78 Å². The second-order valence-corrected chi connectivity index (χ2v) is 3.61. The number of nitrogens with two attached hydrogens (primary N) is 1. The van der Waals surface area contributed by atoms with Gasteiger partial charge in [-0.3, -0.25) is 4.79 Å². The molecular weight excluding hydrogens is 190 g/mol. The van der Waals surface area contributed by atoms with Crippen LogP contribution in [0.15, 0.2) is 30.0 Å². The third-order valence-electron chi connectivity index (χ3n) is 2.47. The molecule has 0 atom stereocenters. The lowest BCUT2D eigenvalue weighted by Crippen LogP contribution is -2.05. The Balaban J connectivity index is 2.29. The SMILES string of the molecule is Cc1ccc(C(=O)C2=CCCO2)cc1N. The molecule has 0 radical (unpaired) electrons. The zero-order valence-electron chi connectivity index (χ0n) is 8.62. The number of hydrogen-bond donors (Lipinski definition) is 1. The highest BCUT2D eigenvalue weighted by Crippen LogP contribution is 2.19. The molecule has 0 saturated carbocycles. The molecule has 0 fully saturated rings. The molecule has 1 heterocycles. The van der Waals surface area contributed by atoms with Gasteiger partial charge in [-0.15, -0.1) is 0 Å². The molecule has 1 aliphatic rings. The van der Waals surface area contributed by atoms with Crippen LogP contribution in [0.3, 0.4) is 0 Å². The average Bonchev–Trinajstić information content (AvgIpc) is 2.74. The van der Waals surface area contributed by atoms with Gasteiger partial charge in [-0.2, -0.15) is 0 Å². The number of nitrogen functional groups attached to an aromatic ring is 1. The van der Waals surface area contributed by atoms with E-state index in [9.17, 15) is 4.79 Å². The van der Waals surface area contributed by atoms with E-state index < -0.39 is 0 Å². The van der Waals surface area contributed by atoms with Crippen LogP contribution in [0.1, 0.15) is 22.3 Å². The highest BCUT2D eigenvalue weighted by molar-refractivity contribution is 6.08. The molecule has 1 aromatic carbocycles. The first-order valence-electron chi connectivity index (χ1n) is 4.92. The van der Waals surface area contributed by atoms with Gasteiger partial charge in [0.25, 0.3) is 0 Å². The van der Waals surface area contributed by atoms with Gasteiger partial charge in [0.15, 0.2) is 5.76 Å². The lowest BCUT2D eigenvalue weighted by Gasteiger charge is -2.05. The molecule has 0 bridgehead atoms. The maximum atomic E-state index is 11.9. The van der Waals surface area contributed by atoms with Gasteiger partial charge >= 0.3 is 0 Å². The number of hydrogen-bond acceptors (Lipinski definition) is 3. The van der Waals surface area contributed by atoms with Crippen molar-refractivity contribution >= 4 is 11.5 Å². The lowest BCUT2D eigenvalue weighted by atomic mass is 10.1. The second kappa shape index (κ2) is 3.77. The van der Waals surface area contributed by atoms with Gasteiger partial charge in [-0.1, -0.05) is 12.1 Å². The van der Waals surface area contributed by atoms with E-state index in [1.54, 1.807) is 12.1 Å². The van der Waals surface area contributed by atoms with Crippen molar-refractivity contribution in [2.45, 2.75) is 13.3 Å². The van der Waals surface area contributed by atoms with Gasteiger partial charge < -0.3 is 10.5 Å². The van der Waals surface area contributed by atoms with Gasteiger partial charge in [0.2, 0.25) is 5.78 Å². The van der Waals surface area contributed by atoms with E-state index in [4.69, 9.17) is 10.5 Å². The molecule has 0 saturated heterocycles. The van der Waals surface area contributed by atoms with E-state index in [0.717, 1.165) is 12.0 Å². The maximum absolute atomic E-state index is 11.9. The fourth-order valence-electron chi connectivity index (χ4n) is 1.50. The summed E-state index contributed by atoms with van der Waals surface area (Å²) in [5.74, 6) is 0.359. The van der Waals surface area contributed by atoms with E-state index in [2.05, 4.69) is 0 Å². The van der Waals surface area contributed by atoms with Crippen molar-refractivity contribution in [1.82, 2.24) is 0 Å². The summed E-state index contributed by atoms with van der Waals surface area (Å²) in [5.41, 5.74) is 7.95. The number of ketones is 1. The number of rotatable bonds is 2. The minimum absolute atomic E-state index is 0.0841. The molecule has 0 unspecified atom stereocenters. The number of carbonyl (C=O) groups excluding carboxylic acids is 1. The lowest BCUT2D eigenvalue weighted by molar-refractivity contribution is 0.0942. The standard InChI is InChI=1S/C12H13NO2/c1-8-4-5-9(7-10(8)13)12(14)11-3-2-6-15-11/h3-5,7H,2,6,13H2,1H3. The smallest absolute Gasteiger partial charge is 0.227 e. The first-order chi connectivity index (χ1) is 7.18. The Morgan fingerprint density at radius 1 is 1.47 bits per heavy atom. The Morgan fingerprint density at radius 3 is 2.87 bits per heavy atom. The van der Waals surface area contributed by atoms with Gasteiger partial charge in [0.05, 0.1) is 6.61 Å². The van der Waals surface area contributed by atoms with Gasteiger partial charge in [0, 0.05) is 17.7 Å². The molecule has 2 N–H and O–H groups in total. The van der Waals surface area contributed by atoms with E-state index in [1.165, 1.54) is 0 Å². The van der Waals surface area contributed by atoms with Crippen molar-refractivity contribution in [3.05, 3.63) is 41.2 Å². The van der Waals surface area contributed by atoms with Crippen molar-refractivity contribution in [3.8, 4) is 0 Å². The average molecular weight is 203 g/mol. The zero-order valence-corrected chi connectivity index (χ0v) is 8.62. The van der Waals surface area contributed by atoms with Crippen LogP contribution in [0, 0.1) is 6.92 Å². The number of aryl methyl sites for hydroxylation is 1. The maximum Gasteiger partial charge on any atom is 0.227 e. The second-order valence-electron chi connectivity index (χ2n) is 3.61. The molecule has 0 spiro atoms. The summed E-state index contributed by atoms with van der Waals surface area (Å²) in [6.45, 7) is 2.51. The van der Waals surface area contributed by atoms with Crippen molar-refractivity contribution in [1.29, 1.82) is 0 Å². The van der Waals surface area contributed by atoms with Crippen LogP contribution in [0.25, 0.3) is 0 Å². The molecule has 15 heavy (non-hydrogen) atoms. The number of Topliss-reactive ketones (excluding diaryl/α,β-unsaturated/α-hetero) is 1. The topological polar surface area (TPSA) is 52.3 Å². The summed E-state index contributed by atoms with van der Waals surface area (Å²) in [6, 6.07) is 5.31. The molecule has 0 amide bonds. The Bertz CT molecular complexity index is 435. The summed E-state index contributed by atoms with van der Waals surface area (Å²) < 4.78 is 5.21. The van der Waals surface area contributed by atoms with Gasteiger partial charge in [-0.05, 0) is 24.6 Å². The number of benzene rings is 1. The summed E-state index contributed by atoms with van der Waals surface area (Å²) in [5, 5.41) is 0. The monoisotopic (exact) mass is 203 g/mol. The van der Waals surface area contributed by atoms with E-state index in [0.29, 0.717) is 23.6 Å². The van der Waals surface area contributed by atoms with E-state index >= 15 is 0 Å². The first kappa shape index (κ1) is 9.77. The largest absolute Gasteiger partial charge is 0.489 e. The highest BCUT2D eigenvalue weighted by Gasteiger charge is 2.17. The number of allylic oxidation sites excluding steroid dienone is 1. The molecule has 2 rings (SSSR count). The molecule has 78 valence electrons. The Hall–Kier alpha value is -1.77.